The lowest BCUT2D eigenvalue weighted by molar-refractivity contribution is -0.159. The number of methoxy groups -OCH3 is 2. The van der Waals surface area contributed by atoms with Crippen molar-refractivity contribution in [1.29, 1.82) is 0 Å². The van der Waals surface area contributed by atoms with Crippen LogP contribution in [0.5, 0.6) is 0 Å². The highest BCUT2D eigenvalue weighted by Gasteiger charge is 2.30. The van der Waals surface area contributed by atoms with E-state index in [0.717, 1.165) is 29.9 Å². The summed E-state index contributed by atoms with van der Waals surface area (Å²) in [6, 6.07) is 11.2. The zero-order chi connectivity index (χ0) is 22.1. The molecule has 6 nitrogen and oxygen atoms in total. The first-order valence-electron chi connectivity index (χ1n) is 10.00. The van der Waals surface area contributed by atoms with E-state index in [0.29, 0.717) is 17.8 Å². The second kappa shape index (κ2) is 11.6. The monoisotopic (exact) mass is 431 g/mol. The maximum Gasteiger partial charge on any atom is 0.320 e. The summed E-state index contributed by atoms with van der Waals surface area (Å²) >= 11 is 1.53. The van der Waals surface area contributed by atoms with Crippen molar-refractivity contribution in [3.63, 3.8) is 0 Å². The number of esters is 2. The number of benzene rings is 1. The van der Waals surface area contributed by atoms with Gasteiger partial charge >= 0.3 is 11.9 Å². The van der Waals surface area contributed by atoms with Gasteiger partial charge in [0.1, 0.15) is 0 Å². The summed E-state index contributed by atoms with van der Waals surface area (Å²) in [5.74, 6) is -2.37. The van der Waals surface area contributed by atoms with E-state index >= 15 is 0 Å². The van der Waals surface area contributed by atoms with E-state index in [9.17, 15) is 14.4 Å². The molecule has 0 saturated carbocycles. The molecule has 0 aliphatic carbocycles. The maximum absolute atomic E-state index is 13.4. The number of carbonyl (C=O) groups is 3. The third-order valence-corrected chi connectivity index (χ3v) is 5.77. The first-order valence-corrected chi connectivity index (χ1v) is 11.2. The van der Waals surface area contributed by atoms with Gasteiger partial charge in [0.2, 0.25) is 5.78 Å². The SMILES string of the molecule is CCCCc1cc(SC)n(CCC(C(=O)OC)C(=O)OC)c1C(=O)c1ccccc1. The largest absolute Gasteiger partial charge is 0.468 e. The molecule has 1 heterocycles. The Morgan fingerprint density at radius 2 is 1.70 bits per heavy atom. The molecule has 0 aliphatic rings. The molecular weight excluding hydrogens is 402 g/mol. The van der Waals surface area contributed by atoms with E-state index in [1.54, 1.807) is 12.1 Å². The lowest BCUT2D eigenvalue weighted by Crippen LogP contribution is -2.28. The van der Waals surface area contributed by atoms with Gasteiger partial charge in [0, 0.05) is 12.1 Å². The highest BCUT2D eigenvalue weighted by atomic mass is 32.2. The summed E-state index contributed by atoms with van der Waals surface area (Å²) in [4.78, 5) is 37.5. The van der Waals surface area contributed by atoms with Gasteiger partial charge in [-0.05, 0) is 37.1 Å². The van der Waals surface area contributed by atoms with Crippen LogP contribution in [0.4, 0.5) is 0 Å². The van der Waals surface area contributed by atoms with Crippen LogP contribution in [-0.2, 0) is 32.0 Å². The second-order valence-electron chi connectivity index (χ2n) is 6.90. The van der Waals surface area contributed by atoms with E-state index < -0.39 is 17.9 Å². The fourth-order valence-corrected chi connectivity index (χ4v) is 4.06. The Morgan fingerprint density at radius 1 is 1.07 bits per heavy atom. The molecule has 1 aromatic carbocycles. The number of ether oxygens (including phenoxy) is 2. The molecule has 2 aromatic rings. The van der Waals surface area contributed by atoms with E-state index in [1.807, 2.05) is 35.1 Å². The zero-order valence-corrected chi connectivity index (χ0v) is 18.8. The third kappa shape index (κ3) is 5.53. The minimum Gasteiger partial charge on any atom is -0.468 e. The Hall–Kier alpha value is -2.54. The van der Waals surface area contributed by atoms with Gasteiger partial charge in [-0.2, -0.15) is 0 Å². The standard InChI is InChI=1S/C23H29NO5S/c1-5-6-10-17-15-19(30-4)24(14-13-18(22(26)28-2)23(27)29-3)20(17)21(25)16-11-8-7-9-12-16/h7-9,11-12,15,18H,5-6,10,13-14H2,1-4H3. The molecule has 0 saturated heterocycles. The van der Waals surface area contributed by atoms with Crippen LogP contribution in [0.1, 0.15) is 47.8 Å². The van der Waals surface area contributed by atoms with Gasteiger partial charge < -0.3 is 14.0 Å². The van der Waals surface area contributed by atoms with Crippen molar-refractivity contribution in [3.8, 4) is 0 Å². The van der Waals surface area contributed by atoms with Crippen LogP contribution in [0.25, 0.3) is 0 Å². The molecule has 162 valence electrons. The van der Waals surface area contributed by atoms with Crippen LogP contribution >= 0.6 is 11.8 Å². The zero-order valence-electron chi connectivity index (χ0n) is 18.0. The normalized spacial score (nSPS) is 10.8. The molecule has 0 amide bonds. The Bertz CT molecular complexity index is 859. The Kier molecular flexibility index (Phi) is 9.17. The van der Waals surface area contributed by atoms with Crippen molar-refractivity contribution < 1.29 is 23.9 Å². The summed E-state index contributed by atoms with van der Waals surface area (Å²) in [6.45, 7) is 2.44. The Labute approximate surface area is 181 Å². The predicted octanol–water partition coefficient (Wildman–Crippen LogP) is 4.14. The quantitative estimate of drug-likeness (QED) is 0.230. The molecule has 0 radical (unpaired) electrons. The van der Waals surface area contributed by atoms with Crippen molar-refractivity contribution in [2.75, 3.05) is 20.5 Å². The van der Waals surface area contributed by atoms with Crippen LogP contribution in [0, 0.1) is 5.92 Å². The van der Waals surface area contributed by atoms with Crippen LogP contribution in [-0.4, -0.2) is 42.8 Å². The van der Waals surface area contributed by atoms with Gasteiger partial charge in [-0.15, -0.1) is 11.8 Å². The molecule has 7 heteroatoms. The summed E-state index contributed by atoms with van der Waals surface area (Å²) in [7, 11) is 2.49. The summed E-state index contributed by atoms with van der Waals surface area (Å²) in [6.07, 6.45) is 4.92. The molecular formula is C23H29NO5S. The molecule has 0 atom stereocenters. The van der Waals surface area contributed by atoms with E-state index in [4.69, 9.17) is 9.47 Å². The molecule has 0 N–H and O–H groups in total. The lowest BCUT2D eigenvalue weighted by Gasteiger charge is -2.16. The average Bonchev–Trinajstić information content (AvgIpc) is 3.14. The van der Waals surface area contributed by atoms with Gasteiger partial charge in [0.15, 0.2) is 5.92 Å². The van der Waals surface area contributed by atoms with Gasteiger partial charge in [-0.1, -0.05) is 43.7 Å². The minimum atomic E-state index is -1.03. The minimum absolute atomic E-state index is 0.0605. The maximum atomic E-state index is 13.4. The van der Waals surface area contributed by atoms with Crippen molar-refractivity contribution >= 4 is 29.5 Å². The molecule has 0 unspecified atom stereocenters. The number of aryl methyl sites for hydroxylation is 1. The van der Waals surface area contributed by atoms with Gasteiger partial charge in [-0.3, -0.25) is 14.4 Å². The smallest absolute Gasteiger partial charge is 0.320 e. The fourth-order valence-electron chi connectivity index (χ4n) is 3.40. The summed E-state index contributed by atoms with van der Waals surface area (Å²) in [5.41, 5.74) is 2.22. The van der Waals surface area contributed by atoms with Crippen molar-refractivity contribution in [2.45, 2.75) is 44.2 Å². The Morgan fingerprint density at radius 3 is 2.23 bits per heavy atom. The highest BCUT2D eigenvalue weighted by molar-refractivity contribution is 7.98. The Balaban J connectivity index is 2.46. The molecule has 1 aromatic heterocycles. The van der Waals surface area contributed by atoms with E-state index in [-0.39, 0.29) is 12.2 Å². The molecule has 0 spiro atoms. The van der Waals surface area contributed by atoms with Crippen LogP contribution < -0.4 is 0 Å². The molecule has 0 aliphatic heterocycles. The molecule has 0 bridgehead atoms. The lowest BCUT2D eigenvalue weighted by atomic mass is 10.0. The highest BCUT2D eigenvalue weighted by Crippen LogP contribution is 2.28. The molecule has 2 rings (SSSR count). The van der Waals surface area contributed by atoms with Gasteiger partial charge in [0.05, 0.1) is 24.9 Å². The second-order valence-corrected chi connectivity index (χ2v) is 7.72. The number of nitrogens with zero attached hydrogens (tertiary/aromatic N) is 1. The topological polar surface area (TPSA) is 74.6 Å². The number of rotatable bonds is 11. The first-order chi connectivity index (χ1) is 14.5. The average molecular weight is 432 g/mol. The first kappa shape index (κ1) is 23.7. The van der Waals surface area contributed by atoms with Crippen LogP contribution in [0.15, 0.2) is 41.4 Å². The number of ketones is 1. The van der Waals surface area contributed by atoms with E-state index in [2.05, 4.69) is 6.92 Å². The number of unbranched alkanes of at least 4 members (excludes halogenated alkanes) is 1. The van der Waals surface area contributed by atoms with Crippen LogP contribution in [0.2, 0.25) is 0 Å². The number of carbonyl (C=O) groups excluding carboxylic acids is 3. The predicted molar refractivity (Wildman–Crippen MR) is 117 cm³/mol. The van der Waals surface area contributed by atoms with E-state index in [1.165, 1.54) is 26.0 Å². The fraction of sp³-hybridized carbons (Fsp3) is 0.435. The van der Waals surface area contributed by atoms with Crippen molar-refractivity contribution in [2.24, 2.45) is 5.92 Å². The number of hydrogen-bond acceptors (Lipinski definition) is 6. The summed E-state index contributed by atoms with van der Waals surface area (Å²) in [5, 5.41) is 0.925. The molecule has 30 heavy (non-hydrogen) atoms. The molecule has 0 fully saturated rings. The van der Waals surface area contributed by atoms with Crippen molar-refractivity contribution in [1.82, 2.24) is 4.57 Å². The third-order valence-electron chi connectivity index (χ3n) is 5.01. The van der Waals surface area contributed by atoms with Gasteiger partial charge in [0.25, 0.3) is 0 Å². The summed E-state index contributed by atoms with van der Waals surface area (Å²) < 4.78 is 11.4. The number of aromatic nitrogens is 1. The van der Waals surface area contributed by atoms with Crippen LogP contribution in [0.3, 0.4) is 0 Å². The van der Waals surface area contributed by atoms with Crippen molar-refractivity contribution in [3.05, 3.63) is 53.2 Å². The number of thioether (sulfide) groups is 1. The number of hydrogen-bond donors (Lipinski definition) is 0. The van der Waals surface area contributed by atoms with Gasteiger partial charge in [-0.25, -0.2) is 0 Å².